The van der Waals surface area contributed by atoms with E-state index in [1.54, 1.807) is 12.1 Å². The first-order valence-corrected chi connectivity index (χ1v) is 6.27. The van der Waals surface area contributed by atoms with Crippen LogP contribution in [0.25, 0.3) is 0 Å². The van der Waals surface area contributed by atoms with Gasteiger partial charge in [-0.25, -0.2) is 0 Å². The number of rotatable bonds is 5. The van der Waals surface area contributed by atoms with Crippen molar-refractivity contribution in [3.05, 3.63) is 29.8 Å². The number of hydrogen-bond donors (Lipinski definition) is 1. The zero-order valence-electron chi connectivity index (χ0n) is 10.6. The molecule has 0 amide bonds. The highest BCUT2D eigenvalue weighted by Gasteiger charge is 2.22. The number of nitrogens with one attached hydrogen (secondary N) is 1. The second-order valence-electron chi connectivity index (χ2n) is 4.41. The zero-order chi connectivity index (χ0) is 12.8. The molecule has 4 nitrogen and oxygen atoms in total. The maximum atomic E-state index is 8.68. The number of hydrogen-bond acceptors (Lipinski definition) is 4. The molecule has 1 fully saturated rings. The van der Waals surface area contributed by atoms with Gasteiger partial charge in [0.25, 0.3) is 0 Å². The van der Waals surface area contributed by atoms with Crippen LogP contribution in [0.3, 0.4) is 0 Å². The third-order valence-corrected chi connectivity index (χ3v) is 3.14. The van der Waals surface area contributed by atoms with Crippen molar-refractivity contribution in [1.29, 1.82) is 5.26 Å². The van der Waals surface area contributed by atoms with Gasteiger partial charge in [0.05, 0.1) is 17.7 Å². The van der Waals surface area contributed by atoms with Gasteiger partial charge in [-0.3, -0.25) is 0 Å². The van der Waals surface area contributed by atoms with Crippen LogP contribution in [0.1, 0.15) is 18.9 Å². The van der Waals surface area contributed by atoms with E-state index in [2.05, 4.69) is 18.3 Å². The van der Waals surface area contributed by atoms with Crippen molar-refractivity contribution in [3.63, 3.8) is 0 Å². The maximum absolute atomic E-state index is 8.68. The molecule has 1 aliphatic heterocycles. The van der Waals surface area contributed by atoms with Crippen molar-refractivity contribution in [3.8, 4) is 11.8 Å². The van der Waals surface area contributed by atoms with Gasteiger partial charge in [-0.15, -0.1) is 0 Å². The van der Waals surface area contributed by atoms with E-state index in [1.807, 2.05) is 12.1 Å². The molecule has 2 rings (SSSR count). The summed E-state index contributed by atoms with van der Waals surface area (Å²) in [5.41, 5.74) is 0.650. The summed E-state index contributed by atoms with van der Waals surface area (Å²) in [4.78, 5) is 0. The molecule has 4 heteroatoms. The van der Waals surface area contributed by atoms with Gasteiger partial charge in [0, 0.05) is 19.2 Å². The largest absolute Gasteiger partial charge is 0.492 e. The molecule has 1 saturated heterocycles. The summed E-state index contributed by atoms with van der Waals surface area (Å²) < 4.78 is 11.1. The lowest BCUT2D eigenvalue weighted by atomic mass is 10.1. The molecule has 1 heterocycles. The zero-order valence-corrected chi connectivity index (χ0v) is 10.6. The van der Waals surface area contributed by atoms with Crippen LogP contribution in [-0.2, 0) is 4.74 Å². The van der Waals surface area contributed by atoms with E-state index in [4.69, 9.17) is 14.7 Å². The molecule has 1 aromatic carbocycles. The molecule has 96 valence electrons. The molecule has 2 atom stereocenters. The summed E-state index contributed by atoms with van der Waals surface area (Å²) in [6.45, 7) is 4.36. The minimum absolute atomic E-state index is 0.292. The molecular weight excluding hydrogens is 228 g/mol. The van der Waals surface area contributed by atoms with Gasteiger partial charge >= 0.3 is 0 Å². The lowest BCUT2D eigenvalue weighted by Gasteiger charge is -2.16. The van der Waals surface area contributed by atoms with Crippen molar-refractivity contribution >= 4 is 0 Å². The molecule has 1 aromatic rings. The molecular formula is C14H18N2O2. The molecule has 18 heavy (non-hydrogen) atoms. The van der Waals surface area contributed by atoms with E-state index in [0.717, 1.165) is 25.3 Å². The first-order valence-electron chi connectivity index (χ1n) is 6.27. The monoisotopic (exact) mass is 246 g/mol. The Balaban J connectivity index is 1.67. The van der Waals surface area contributed by atoms with Crippen LogP contribution in [0.15, 0.2) is 24.3 Å². The van der Waals surface area contributed by atoms with Gasteiger partial charge in [-0.1, -0.05) is 0 Å². The number of ether oxygens (including phenoxy) is 2. The molecule has 0 aliphatic carbocycles. The van der Waals surface area contributed by atoms with Crippen LogP contribution in [0, 0.1) is 11.3 Å². The molecule has 2 unspecified atom stereocenters. The Morgan fingerprint density at radius 2 is 2.22 bits per heavy atom. The summed E-state index contributed by atoms with van der Waals surface area (Å²) in [6, 6.07) is 9.68. The molecule has 0 spiro atoms. The highest BCUT2D eigenvalue weighted by molar-refractivity contribution is 5.34. The lowest BCUT2D eigenvalue weighted by molar-refractivity contribution is 0.112. The first kappa shape index (κ1) is 12.9. The van der Waals surface area contributed by atoms with E-state index in [9.17, 15) is 0 Å². The highest BCUT2D eigenvalue weighted by Crippen LogP contribution is 2.13. The Morgan fingerprint density at radius 3 is 2.83 bits per heavy atom. The third-order valence-electron chi connectivity index (χ3n) is 3.14. The van der Waals surface area contributed by atoms with Crippen LogP contribution in [-0.4, -0.2) is 31.9 Å². The van der Waals surface area contributed by atoms with Gasteiger partial charge in [-0.05, 0) is 37.6 Å². The quantitative estimate of drug-likeness (QED) is 0.803. The fourth-order valence-electron chi connectivity index (χ4n) is 2.04. The third kappa shape index (κ3) is 3.46. The van der Waals surface area contributed by atoms with E-state index < -0.39 is 0 Å². The smallest absolute Gasteiger partial charge is 0.119 e. The van der Waals surface area contributed by atoms with E-state index >= 15 is 0 Å². The fraction of sp³-hybridized carbons (Fsp3) is 0.500. The van der Waals surface area contributed by atoms with Crippen LogP contribution in [0.2, 0.25) is 0 Å². The SMILES string of the molecule is CC1OCCC1NCCOc1ccc(C#N)cc1. The van der Waals surface area contributed by atoms with Crippen LogP contribution >= 0.6 is 0 Å². The minimum Gasteiger partial charge on any atom is -0.492 e. The predicted octanol–water partition coefficient (Wildman–Crippen LogP) is 1.70. The summed E-state index contributed by atoms with van der Waals surface area (Å²) in [5.74, 6) is 0.798. The van der Waals surface area contributed by atoms with Crippen molar-refractivity contribution in [1.82, 2.24) is 5.32 Å². The first-order chi connectivity index (χ1) is 8.79. The Bertz CT molecular complexity index is 411. The molecule has 0 saturated carbocycles. The molecule has 0 radical (unpaired) electrons. The van der Waals surface area contributed by atoms with Gasteiger partial charge in [0.15, 0.2) is 0 Å². The van der Waals surface area contributed by atoms with Crippen molar-refractivity contribution in [2.45, 2.75) is 25.5 Å². The molecule has 0 aromatic heterocycles. The fourth-order valence-corrected chi connectivity index (χ4v) is 2.04. The van der Waals surface area contributed by atoms with E-state index in [-0.39, 0.29) is 0 Å². The second-order valence-corrected chi connectivity index (χ2v) is 4.41. The molecule has 1 aliphatic rings. The maximum Gasteiger partial charge on any atom is 0.119 e. The Hall–Kier alpha value is -1.57. The Kier molecular flexibility index (Phi) is 4.57. The van der Waals surface area contributed by atoms with Crippen molar-refractivity contribution in [2.24, 2.45) is 0 Å². The van der Waals surface area contributed by atoms with Gasteiger partial charge in [0.1, 0.15) is 12.4 Å². The van der Waals surface area contributed by atoms with Crippen LogP contribution < -0.4 is 10.1 Å². The van der Waals surface area contributed by atoms with Gasteiger partial charge in [0.2, 0.25) is 0 Å². The molecule has 0 bridgehead atoms. The second kappa shape index (κ2) is 6.39. The van der Waals surface area contributed by atoms with Crippen molar-refractivity contribution in [2.75, 3.05) is 19.8 Å². The van der Waals surface area contributed by atoms with Crippen molar-refractivity contribution < 1.29 is 9.47 Å². The van der Waals surface area contributed by atoms with E-state index in [1.165, 1.54) is 0 Å². The lowest BCUT2D eigenvalue weighted by Crippen LogP contribution is -2.37. The number of nitriles is 1. The minimum atomic E-state index is 0.292. The van der Waals surface area contributed by atoms with Crippen LogP contribution in [0.5, 0.6) is 5.75 Å². The highest BCUT2D eigenvalue weighted by atomic mass is 16.5. The number of nitrogens with zero attached hydrogens (tertiary/aromatic N) is 1. The average Bonchev–Trinajstić information content (AvgIpc) is 2.81. The van der Waals surface area contributed by atoms with Crippen LogP contribution in [0.4, 0.5) is 0 Å². The number of benzene rings is 1. The van der Waals surface area contributed by atoms with Gasteiger partial charge in [-0.2, -0.15) is 5.26 Å². The summed E-state index contributed by atoms with van der Waals surface area (Å²) >= 11 is 0. The topological polar surface area (TPSA) is 54.3 Å². The standard InChI is InChI=1S/C14H18N2O2/c1-11-14(6-8-17-11)16-7-9-18-13-4-2-12(10-15)3-5-13/h2-5,11,14,16H,6-9H2,1H3. The molecule has 1 N–H and O–H groups in total. The average molecular weight is 246 g/mol. The summed E-state index contributed by atoms with van der Waals surface area (Å²) in [5, 5.41) is 12.1. The summed E-state index contributed by atoms with van der Waals surface area (Å²) in [7, 11) is 0. The Labute approximate surface area is 108 Å². The summed E-state index contributed by atoms with van der Waals surface area (Å²) in [6.07, 6.45) is 1.36. The van der Waals surface area contributed by atoms with E-state index in [0.29, 0.717) is 24.3 Å². The predicted molar refractivity (Wildman–Crippen MR) is 68.5 cm³/mol. The Morgan fingerprint density at radius 1 is 1.44 bits per heavy atom. The van der Waals surface area contributed by atoms with Gasteiger partial charge < -0.3 is 14.8 Å². The normalized spacial score (nSPS) is 22.7.